The molecule has 1 aliphatic rings. The standard InChI is InChI=1S/C34H38FN5O4/c1-5-9-29-27(18-23-13-12-22(19-28(23)35)26-11-8-7-10-24(26)20-36)31(41)39(33-37-21(3)38-40(29)33)25-14-16-34(4,17-15-25)44-30(6-2)32(42)43/h7-8,10-13,19,25,30H,5-6,9,14-18H2,1-4H3,(H,42,43)/t25-,30?,34-. The number of rotatable bonds is 10. The number of nitrogens with zero attached hydrogens (tertiary/aromatic N) is 5. The molecule has 1 saturated carbocycles. The third kappa shape index (κ3) is 6.02. The van der Waals surface area contributed by atoms with Gasteiger partial charge in [0.2, 0.25) is 5.78 Å². The Morgan fingerprint density at radius 1 is 1.23 bits per heavy atom. The number of nitriles is 1. The molecule has 9 nitrogen and oxygen atoms in total. The van der Waals surface area contributed by atoms with Crippen molar-refractivity contribution in [3.05, 3.63) is 86.8 Å². The van der Waals surface area contributed by atoms with Gasteiger partial charge in [0.15, 0.2) is 6.10 Å². The molecular formula is C34H38FN5O4. The van der Waals surface area contributed by atoms with Crippen LogP contribution in [0.15, 0.2) is 47.3 Å². The van der Waals surface area contributed by atoms with Crippen LogP contribution in [-0.2, 0) is 22.4 Å². The normalized spacial score (nSPS) is 19.1. The van der Waals surface area contributed by atoms with Gasteiger partial charge in [-0.3, -0.25) is 9.36 Å². The monoisotopic (exact) mass is 599 g/mol. The van der Waals surface area contributed by atoms with Crippen molar-refractivity contribution in [3.63, 3.8) is 0 Å². The summed E-state index contributed by atoms with van der Waals surface area (Å²) in [4.78, 5) is 30.6. The molecule has 0 aliphatic heterocycles. The average molecular weight is 600 g/mol. The van der Waals surface area contributed by atoms with Gasteiger partial charge < -0.3 is 9.84 Å². The average Bonchev–Trinajstić information content (AvgIpc) is 3.40. The third-order valence-electron chi connectivity index (χ3n) is 8.71. The number of carboxylic acid groups (broad SMARTS) is 1. The van der Waals surface area contributed by atoms with E-state index in [0.717, 1.165) is 12.1 Å². The van der Waals surface area contributed by atoms with Crippen molar-refractivity contribution in [2.24, 2.45) is 0 Å². The first-order valence-electron chi connectivity index (χ1n) is 15.3. The quantitative estimate of drug-likeness (QED) is 0.231. The minimum Gasteiger partial charge on any atom is -0.479 e. The topological polar surface area (TPSA) is 123 Å². The molecule has 1 unspecified atom stereocenters. The van der Waals surface area contributed by atoms with Gasteiger partial charge in [-0.2, -0.15) is 15.3 Å². The van der Waals surface area contributed by atoms with Crippen LogP contribution >= 0.6 is 0 Å². The number of hydrogen-bond acceptors (Lipinski definition) is 6. The highest BCUT2D eigenvalue weighted by Crippen LogP contribution is 2.38. The van der Waals surface area contributed by atoms with E-state index in [9.17, 15) is 20.0 Å². The second-order valence-corrected chi connectivity index (χ2v) is 11.9. The smallest absolute Gasteiger partial charge is 0.332 e. The van der Waals surface area contributed by atoms with Crippen LogP contribution in [0.1, 0.15) is 93.5 Å². The number of ether oxygens (including phenoxy) is 1. The van der Waals surface area contributed by atoms with Crippen LogP contribution in [0.4, 0.5) is 4.39 Å². The molecular weight excluding hydrogens is 561 g/mol. The van der Waals surface area contributed by atoms with Crippen LogP contribution in [0.2, 0.25) is 0 Å². The minimum absolute atomic E-state index is 0.0827. The molecule has 1 fully saturated rings. The molecule has 2 aromatic carbocycles. The summed E-state index contributed by atoms with van der Waals surface area (Å²) in [6.07, 6.45) is 3.28. The number of carboxylic acids is 1. The largest absolute Gasteiger partial charge is 0.479 e. The first-order valence-corrected chi connectivity index (χ1v) is 15.3. The Morgan fingerprint density at radius 2 is 1.95 bits per heavy atom. The highest BCUT2D eigenvalue weighted by molar-refractivity contribution is 5.72. The number of fused-ring (bicyclic) bond motifs is 1. The summed E-state index contributed by atoms with van der Waals surface area (Å²) in [5, 5.41) is 23.7. The fourth-order valence-electron chi connectivity index (χ4n) is 6.35. The molecule has 0 radical (unpaired) electrons. The predicted molar refractivity (Wildman–Crippen MR) is 164 cm³/mol. The molecule has 0 spiro atoms. The van der Waals surface area contributed by atoms with E-state index in [4.69, 9.17) is 4.74 Å². The van der Waals surface area contributed by atoms with Gasteiger partial charge in [-0.15, -0.1) is 0 Å². The minimum atomic E-state index is -0.974. The van der Waals surface area contributed by atoms with Gasteiger partial charge in [-0.25, -0.2) is 13.7 Å². The maximum atomic E-state index is 15.7. The number of halogens is 1. The Balaban J connectivity index is 1.53. The molecule has 10 heteroatoms. The van der Waals surface area contributed by atoms with Crippen molar-refractivity contribution in [1.82, 2.24) is 19.2 Å². The van der Waals surface area contributed by atoms with Gasteiger partial charge in [-0.1, -0.05) is 50.6 Å². The van der Waals surface area contributed by atoms with Crippen molar-refractivity contribution in [2.45, 2.75) is 96.8 Å². The van der Waals surface area contributed by atoms with E-state index in [1.54, 1.807) is 53.3 Å². The zero-order chi connectivity index (χ0) is 31.6. The molecule has 44 heavy (non-hydrogen) atoms. The lowest BCUT2D eigenvalue weighted by Crippen LogP contribution is -2.42. The molecule has 2 heterocycles. The van der Waals surface area contributed by atoms with E-state index in [1.165, 1.54) is 6.07 Å². The number of aryl methyl sites for hydroxylation is 2. The SMILES string of the molecule is CCCc1c(Cc2ccc(-c3ccccc3C#N)cc2F)c(=O)n([C@H]2CC[C@](C)(OC(CC)C(=O)O)CC2)c2nc(C)nn12. The van der Waals surface area contributed by atoms with Gasteiger partial charge in [0.05, 0.1) is 22.9 Å². The van der Waals surface area contributed by atoms with E-state index in [1.807, 2.05) is 19.9 Å². The zero-order valence-corrected chi connectivity index (χ0v) is 25.6. The molecule has 2 aromatic heterocycles. The van der Waals surface area contributed by atoms with Crippen LogP contribution < -0.4 is 5.56 Å². The predicted octanol–water partition coefficient (Wildman–Crippen LogP) is 6.17. The first-order chi connectivity index (χ1) is 21.1. The molecule has 230 valence electrons. The molecule has 0 bridgehead atoms. The van der Waals surface area contributed by atoms with E-state index in [0.29, 0.717) is 77.9 Å². The highest BCUT2D eigenvalue weighted by atomic mass is 19.1. The van der Waals surface area contributed by atoms with E-state index < -0.39 is 23.5 Å². The fourth-order valence-corrected chi connectivity index (χ4v) is 6.35. The Kier molecular flexibility index (Phi) is 8.97. The lowest BCUT2D eigenvalue weighted by atomic mass is 9.83. The molecule has 4 aromatic rings. The van der Waals surface area contributed by atoms with Crippen molar-refractivity contribution >= 4 is 11.7 Å². The van der Waals surface area contributed by atoms with Gasteiger partial charge in [-0.05, 0) is 81.2 Å². The van der Waals surface area contributed by atoms with Gasteiger partial charge in [0.1, 0.15) is 11.6 Å². The molecule has 1 N–H and O–H groups in total. The summed E-state index contributed by atoms with van der Waals surface area (Å²) < 4.78 is 25.2. The number of aromatic nitrogens is 4. The van der Waals surface area contributed by atoms with E-state index in [-0.39, 0.29) is 18.0 Å². The molecule has 1 aliphatic carbocycles. The Morgan fingerprint density at radius 3 is 2.59 bits per heavy atom. The summed E-state index contributed by atoms with van der Waals surface area (Å²) >= 11 is 0. The van der Waals surface area contributed by atoms with E-state index in [2.05, 4.69) is 16.2 Å². The summed E-state index contributed by atoms with van der Waals surface area (Å²) in [6, 6.07) is 13.9. The van der Waals surface area contributed by atoms with Crippen molar-refractivity contribution in [2.75, 3.05) is 0 Å². The lowest BCUT2D eigenvalue weighted by Gasteiger charge is -2.39. The number of carbonyl (C=O) groups is 1. The van der Waals surface area contributed by atoms with Gasteiger partial charge >= 0.3 is 5.97 Å². The maximum absolute atomic E-state index is 15.7. The molecule has 1 atom stereocenters. The van der Waals surface area contributed by atoms with Crippen LogP contribution in [0, 0.1) is 24.1 Å². The number of hydrogen-bond donors (Lipinski definition) is 1. The summed E-state index contributed by atoms with van der Waals surface area (Å²) in [6.45, 7) is 7.54. The second kappa shape index (κ2) is 12.7. The van der Waals surface area contributed by atoms with Crippen LogP contribution in [0.25, 0.3) is 16.9 Å². The second-order valence-electron chi connectivity index (χ2n) is 11.9. The van der Waals surface area contributed by atoms with Crippen molar-refractivity contribution < 1.29 is 19.0 Å². The van der Waals surface area contributed by atoms with E-state index >= 15 is 4.39 Å². The highest BCUT2D eigenvalue weighted by Gasteiger charge is 2.37. The third-order valence-corrected chi connectivity index (χ3v) is 8.71. The van der Waals surface area contributed by atoms with Crippen LogP contribution in [0.3, 0.4) is 0 Å². The summed E-state index contributed by atoms with van der Waals surface area (Å²) in [5.74, 6) is -0.419. The Bertz CT molecular complexity index is 1800. The van der Waals surface area contributed by atoms with Crippen molar-refractivity contribution in [1.29, 1.82) is 5.26 Å². The fraction of sp³-hybridized carbons (Fsp3) is 0.441. The Labute approximate surface area is 255 Å². The van der Waals surface area contributed by atoms with Crippen molar-refractivity contribution in [3.8, 4) is 17.2 Å². The van der Waals surface area contributed by atoms with Crippen LogP contribution in [-0.4, -0.2) is 41.9 Å². The van der Waals surface area contributed by atoms with Gasteiger partial charge in [0, 0.05) is 18.0 Å². The maximum Gasteiger partial charge on any atom is 0.332 e. The number of aliphatic carboxylic acids is 1. The molecule has 0 amide bonds. The summed E-state index contributed by atoms with van der Waals surface area (Å²) in [7, 11) is 0. The molecule has 0 saturated heterocycles. The Hall–Kier alpha value is -4.36. The lowest BCUT2D eigenvalue weighted by molar-refractivity contribution is -0.167. The van der Waals surface area contributed by atoms with Crippen LogP contribution in [0.5, 0.6) is 0 Å². The zero-order valence-electron chi connectivity index (χ0n) is 25.6. The number of benzene rings is 2. The molecule has 5 rings (SSSR count). The van der Waals surface area contributed by atoms with Gasteiger partial charge in [0.25, 0.3) is 5.56 Å². The first kappa shape index (κ1) is 31.1. The summed E-state index contributed by atoms with van der Waals surface area (Å²) in [5.41, 5.74) is 2.46.